The smallest absolute Gasteiger partial charge is 0.256 e. The van der Waals surface area contributed by atoms with Gasteiger partial charge in [0, 0.05) is 10.4 Å². The third kappa shape index (κ3) is 5.10. The Balaban J connectivity index is 1.67. The lowest BCUT2D eigenvalue weighted by molar-refractivity contribution is 0.0939. The summed E-state index contributed by atoms with van der Waals surface area (Å²) in [4.78, 5) is 28.0. The molecule has 0 spiro atoms. The Morgan fingerprint density at radius 2 is 1.68 bits per heavy atom. The first kappa shape index (κ1) is 24.2. The molecule has 5 heteroatoms. The zero-order valence-electron chi connectivity index (χ0n) is 20.7. The van der Waals surface area contributed by atoms with E-state index in [4.69, 9.17) is 0 Å². The number of anilines is 1. The molecule has 2 unspecified atom stereocenters. The van der Waals surface area contributed by atoms with Crippen LogP contribution in [0, 0.1) is 18.3 Å². The fraction of sp³-hybridized carbons (Fsp3) is 0.379. The van der Waals surface area contributed by atoms with Gasteiger partial charge in [-0.3, -0.25) is 9.59 Å². The minimum atomic E-state index is -0.172. The van der Waals surface area contributed by atoms with Gasteiger partial charge in [0.2, 0.25) is 0 Å². The molecule has 1 heterocycles. The van der Waals surface area contributed by atoms with E-state index in [2.05, 4.69) is 31.4 Å². The second-order valence-corrected chi connectivity index (χ2v) is 11.5. The van der Waals surface area contributed by atoms with Gasteiger partial charge in [-0.1, -0.05) is 69.3 Å². The van der Waals surface area contributed by atoms with E-state index < -0.39 is 0 Å². The molecule has 4 nitrogen and oxygen atoms in total. The van der Waals surface area contributed by atoms with Crippen LogP contribution in [0.5, 0.6) is 0 Å². The van der Waals surface area contributed by atoms with Gasteiger partial charge < -0.3 is 10.6 Å². The molecular weight excluding hydrogens is 440 g/mol. The van der Waals surface area contributed by atoms with E-state index in [0.717, 1.165) is 36.0 Å². The number of amides is 2. The molecule has 0 saturated heterocycles. The van der Waals surface area contributed by atoms with Crippen molar-refractivity contribution in [2.24, 2.45) is 11.3 Å². The van der Waals surface area contributed by atoms with Gasteiger partial charge in [-0.05, 0) is 67.2 Å². The predicted octanol–water partition coefficient (Wildman–Crippen LogP) is 6.95. The Morgan fingerprint density at radius 1 is 1.00 bits per heavy atom. The van der Waals surface area contributed by atoms with Gasteiger partial charge in [0.25, 0.3) is 11.8 Å². The molecule has 178 valence electrons. The van der Waals surface area contributed by atoms with Crippen LogP contribution in [0.2, 0.25) is 0 Å². The molecule has 0 bridgehead atoms. The monoisotopic (exact) mass is 474 g/mol. The van der Waals surface area contributed by atoms with Crippen molar-refractivity contribution in [2.45, 2.75) is 59.9 Å². The molecule has 2 aromatic carbocycles. The maximum absolute atomic E-state index is 13.6. The third-order valence-corrected chi connectivity index (χ3v) is 8.15. The van der Waals surface area contributed by atoms with Crippen molar-refractivity contribution < 1.29 is 9.59 Å². The zero-order chi connectivity index (χ0) is 24.5. The first-order valence-corrected chi connectivity index (χ1v) is 12.8. The van der Waals surface area contributed by atoms with Crippen molar-refractivity contribution in [3.63, 3.8) is 0 Å². The molecule has 0 saturated carbocycles. The lowest BCUT2D eigenvalue weighted by Gasteiger charge is -2.34. The van der Waals surface area contributed by atoms with Gasteiger partial charge in [0.1, 0.15) is 5.00 Å². The molecule has 2 N–H and O–H groups in total. The summed E-state index contributed by atoms with van der Waals surface area (Å²) in [6.45, 7) is 10.8. The van der Waals surface area contributed by atoms with Gasteiger partial charge >= 0.3 is 0 Å². The van der Waals surface area contributed by atoms with Crippen LogP contribution in [0.15, 0.2) is 54.6 Å². The summed E-state index contributed by atoms with van der Waals surface area (Å²) in [6, 6.07) is 17.4. The molecule has 0 aliphatic heterocycles. The number of rotatable bonds is 5. The van der Waals surface area contributed by atoms with Crippen LogP contribution in [0.1, 0.15) is 82.4 Å². The maximum Gasteiger partial charge on any atom is 0.256 e. The Morgan fingerprint density at radius 3 is 2.35 bits per heavy atom. The van der Waals surface area contributed by atoms with Crippen LogP contribution < -0.4 is 10.6 Å². The average Bonchev–Trinajstić information content (AvgIpc) is 3.16. The normalized spacial score (nSPS) is 16.4. The summed E-state index contributed by atoms with van der Waals surface area (Å²) < 4.78 is 0. The van der Waals surface area contributed by atoms with Crippen molar-refractivity contribution in [3.8, 4) is 0 Å². The van der Waals surface area contributed by atoms with E-state index in [-0.39, 0.29) is 23.3 Å². The highest BCUT2D eigenvalue weighted by molar-refractivity contribution is 7.17. The second-order valence-electron chi connectivity index (χ2n) is 10.4. The molecule has 0 radical (unpaired) electrons. The molecule has 1 aromatic heterocycles. The van der Waals surface area contributed by atoms with E-state index in [0.29, 0.717) is 22.0 Å². The van der Waals surface area contributed by atoms with Crippen LogP contribution in [0.25, 0.3) is 0 Å². The van der Waals surface area contributed by atoms with Gasteiger partial charge in [-0.2, -0.15) is 0 Å². The maximum atomic E-state index is 13.6. The fourth-order valence-electron chi connectivity index (χ4n) is 4.75. The summed E-state index contributed by atoms with van der Waals surface area (Å²) >= 11 is 1.57. The third-order valence-electron chi connectivity index (χ3n) is 6.98. The molecule has 2 amide bonds. The van der Waals surface area contributed by atoms with Crippen LogP contribution in [0.3, 0.4) is 0 Å². The van der Waals surface area contributed by atoms with Gasteiger partial charge in [0.15, 0.2) is 0 Å². The Bertz CT molecular complexity index is 1190. The number of carbonyl (C=O) groups excluding carboxylic acids is 2. The second kappa shape index (κ2) is 9.75. The van der Waals surface area contributed by atoms with Crippen molar-refractivity contribution in [3.05, 3.63) is 87.3 Å². The average molecular weight is 475 g/mol. The zero-order valence-corrected chi connectivity index (χ0v) is 21.5. The topological polar surface area (TPSA) is 58.2 Å². The van der Waals surface area contributed by atoms with E-state index in [9.17, 15) is 9.59 Å². The van der Waals surface area contributed by atoms with Crippen LogP contribution in [-0.4, -0.2) is 11.8 Å². The summed E-state index contributed by atoms with van der Waals surface area (Å²) in [5, 5.41) is 6.92. The number of carbonyl (C=O) groups is 2. The van der Waals surface area contributed by atoms with Gasteiger partial charge in [-0.25, -0.2) is 0 Å². The Hall–Kier alpha value is -2.92. The highest BCUT2D eigenvalue weighted by Gasteiger charge is 2.34. The molecule has 2 atom stereocenters. The minimum absolute atomic E-state index is 0.122. The molecule has 1 aliphatic carbocycles. The molecule has 3 aromatic rings. The van der Waals surface area contributed by atoms with Gasteiger partial charge in [0.05, 0.1) is 11.6 Å². The Labute approximate surface area is 206 Å². The molecular formula is C29H34N2O2S. The van der Waals surface area contributed by atoms with Gasteiger partial charge in [-0.15, -0.1) is 11.3 Å². The summed E-state index contributed by atoms with van der Waals surface area (Å²) in [5.41, 5.74) is 4.54. The predicted molar refractivity (Wildman–Crippen MR) is 141 cm³/mol. The van der Waals surface area contributed by atoms with Crippen LogP contribution >= 0.6 is 11.3 Å². The molecule has 4 rings (SSSR count). The lowest BCUT2D eigenvalue weighted by atomic mass is 9.72. The van der Waals surface area contributed by atoms with Crippen molar-refractivity contribution in [2.75, 3.05) is 5.32 Å². The lowest BCUT2D eigenvalue weighted by Crippen LogP contribution is -2.30. The Kier molecular flexibility index (Phi) is 6.94. The number of benzene rings is 2. The number of fused-ring (bicyclic) bond motifs is 1. The first-order valence-electron chi connectivity index (χ1n) is 12.0. The quantitative estimate of drug-likeness (QED) is 0.420. The summed E-state index contributed by atoms with van der Waals surface area (Å²) in [5.74, 6) is 0.259. The highest BCUT2D eigenvalue weighted by Crippen LogP contribution is 2.44. The van der Waals surface area contributed by atoms with E-state index in [1.54, 1.807) is 11.3 Å². The van der Waals surface area contributed by atoms with E-state index >= 15 is 0 Å². The number of aryl methyl sites for hydroxylation is 1. The van der Waals surface area contributed by atoms with Crippen molar-refractivity contribution in [1.82, 2.24) is 5.32 Å². The van der Waals surface area contributed by atoms with Crippen LogP contribution in [0.4, 0.5) is 5.00 Å². The first-order chi connectivity index (χ1) is 16.1. The van der Waals surface area contributed by atoms with Crippen molar-refractivity contribution in [1.29, 1.82) is 0 Å². The minimum Gasteiger partial charge on any atom is -0.345 e. The van der Waals surface area contributed by atoms with Crippen LogP contribution in [-0.2, 0) is 12.8 Å². The fourth-order valence-corrected chi connectivity index (χ4v) is 6.07. The van der Waals surface area contributed by atoms with E-state index in [1.807, 2.05) is 68.4 Å². The SMILES string of the molecule is Cc1ccccc1C(=O)Nc1sc2c(c1C(=O)NC(C)c1ccccc1)CCC(C(C)(C)C)C2. The summed E-state index contributed by atoms with van der Waals surface area (Å²) in [6.07, 6.45) is 2.85. The number of hydrogen-bond acceptors (Lipinski definition) is 3. The summed E-state index contributed by atoms with van der Waals surface area (Å²) in [7, 11) is 0. The highest BCUT2D eigenvalue weighted by atomic mass is 32.1. The molecule has 1 aliphatic rings. The van der Waals surface area contributed by atoms with E-state index in [1.165, 1.54) is 4.88 Å². The number of nitrogens with one attached hydrogen (secondary N) is 2. The molecule has 34 heavy (non-hydrogen) atoms. The number of hydrogen-bond donors (Lipinski definition) is 2. The largest absolute Gasteiger partial charge is 0.345 e. The van der Waals surface area contributed by atoms with Crippen molar-refractivity contribution >= 4 is 28.2 Å². The molecule has 0 fully saturated rings. The number of thiophene rings is 1. The standard InChI is InChI=1S/C29H34N2O2S/c1-18-11-9-10-14-22(18)26(32)31-28-25(27(33)30-19(2)20-12-7-6-8-13-20)23-16-15-21(29(3,4)5)17-24(23)34-28/h6-14,19,21H,15-17H2,1-5H3,(H,30,33)(H,31,32).